The average Bonchev–Trinajstić information content (AvgIpc) is 3.10. The highest BCUT2D eigenvalue weighted by atomic mass is 16.5. The molecule has 0 aromatic carbocycles. The van der Waals surface area contributed by atoms with E-state index in [1.165, 1.54) is 0 Å². The highest BCUT2D eigenvalue weighted by Gasteiger charge is 2.51. The molecule has 3 aliphatic rings. The van der Waals surface area contributed by atoms with Gasteiger partial charge in [-0.3, -0.25) is 9.59 Å². The van der Waals surface area contributed by atoms with Crippen molar-refractivity contribution in [1.82, 2.24) is 5.32 Å². The summed E-state index contributed by atoms with van der Waals surface area (Å²) in [4.78, 5) is 23.6. The Bertz CT molecular complexity index is 414. The fourth-order valence-corrected chi connectivity index (χ4v) is 3.65. The van der Waals surface area contributed by atoms with Gasteiger partial charge in [0.15, 0.2) is 0 Å². The summed E-state index contributed by atoms with van der Waals surface area (Å²) in [5.41, 5.74) is 0. The van der Waals surface area contributed by atoms with Crippen LogP contribution in [0.1, 0.15) is 19.3 Å². The standard InChI is InChI=1S/C14H19NO4/c16-13(15-7-10-2-1-5-19-10)11-8-3-4-9(6-8)12(11)14(17)18/h3-4,8-12H,1-2,5-7H2,(H,15,16)(H,17,18)/t8-,9-,10+,11+,12-/m0/s1. The van der Waals surface area contributed by atoms with Gasteiger partial charge in [-0.2, -0.15) is 0 Å². The first-order valence-electron chi connectivity index (χ1n) is 6.97. The molecule has 5 nitrogen and oxygen atoms in total. The Morgan fingerprint density at radius 2 is 2.00 bits per heavy atom. The number of hydrogen-bond acceptors (Lipinski definition) is 3. The highest BCUT2D eigenvalue weighted by molar-refractivity contribution is 5.86. The van der Waals surface area contributed by atoms with Gasteiger partial charge >= 0.3 is 5.97 Å². The number of rotatable bonds is 4. The molecule has 2 N–H and O–H groups in total. The molecule has 0 unspecified atom stereocenters. The van der Waals surface area contributed by atoms with Gasteiger partial charge in [0.2, 0.25) is 5.91 Å². The topological polar surface area (TPSA) is 75.6 Å². The van der Waals surface area contributed by atoms with Crippen LogP contribution in [0, 0.1) is 23.7 Å². The summed E-state index contributed by atoms with van der Waals surface area (Å²) in [6.07, 6.45) is 6.86. The molecule has 0 spiro atoms. The number of aliphatic carboxylic acids is 1. The maximum absolute atomic E-state index is 12.2. The lowest BCUT2D eigenvalue weighted by Gasteiger charge is -2.24. The van der Waals surface area contributed by atoms with Gasteiger partial charge in [-0.25, -0.2) is 0 Å². The molecule has 1 saturated heterocycles. The summed E-state index contributed by atoms with van der Waals surface area (Å²) in [6, 6.07) is 0. The number of allylic oxidation sites excluding steroid dienone is 2. The number of carbonyl (C=O) groups excluding carboxylic acids is 1. The molecule has 5 atom stereocenters. The third kappa shape index (κ3) is 2.27. The number of hydrogen-bond donors (Lipinski definition) is 2. The number of carboxylic acids is 1. The minimum atomic E-state index is -0.853. The Morgan fingerprint density at radius 1 is 1.26 bits per heavy atom. The van der Waals surface area contributed by atoms with Crippen LogP contribution in [0.5, 0.6) is 0 Å². The van der Waals surface area contributed by atoms with Crippen molar-refractivity contribution >= 4 is 11.9 Å². The lowest BCUT2D eigenvalue weighted by Crippen LogP contribution is -2.42. The van der Waals surface area contributed by atoms with E-state index in [0.29, 0.717) is 6.54 Å². The number of carbonyl (C=O) groups is 2. The second kappa shape index (κ2) is 4.96. The molecule has 2 aliphatic carbocycles. The van der Waals surface area contributed by atoms with E-state index in [-0.39, 0.29) is 23.8 Å². The largest absolute Gasteiger partial charge is 0.481 e. The second-order valence-electron chi connectivity index (χ2n) is 5.72. The van der Waals surface area contributed by atoms with Crippen LogP contribution in [0.2, 0.25) is 0 Å². The van der Waals surface area contributed by atoms with Crippen molar-refractivity contribution < 1.29 is 19.4 Å². The van der Waals surface area contributed by atoms with Gasteiger partial charge in [-0.1, -0.05) is 12.2 Å². The van der Waals surface area contributed by atoms with Gasteiger partial charge in [0, 0.05) is 13.2 Å². The van der Waals surface area contributed by atoms with E-state index < -0.39 is 17.8 Å². The van der Waals surface area contributed by atoms with Gasteiger partial charge < -0.3 is 15.2 Å². The van der Waals surface area contributed by atoms with E-state index in [4.69, 9.17) is 4.74 Å². The van der Waals surface area contributed by atoms with Gasteiger partial charge in [-0.05, 0) is 31.1 Å². The van der Waals surface area contributed by atoms with Crippen molar-refractivity contribution in [2.75, 3.05) is 13.2 Å². The van der Waals surface area contributed by atoms with Crippen LogP contribution in [-0.4, -0.2) is 36.2 Å². The van der Waals surface area contributed by atoms with Gasteiger partial charge in [0.05, 0.1) is 17.9 Å². The molecular formula is C14H19NO4. The van der Waals surface area contributed by atoms with Crippen molar-refractivity contribution in [2.24, 2.45) is 23.7 Å². The van der Waals surface area contributed by atoms with E-state index in [2.05, 4.69) is 5.32 Å². The van der Waals surface area contributed by atoms with Crippen molar-refractivity contribution in [1.29, 1.82) is 0 Å². The van der Waals surface area contributed by atoms with Crippen LogP contribution < -0.4 is 5.32 Å². The summed E-state index contributed by atoms with van der Waals surface area (Å²) in [7, 11) is 0. The molecule has 5 heteroatoms. The monoisotopic (exact) mass is 265 g/mol. The molecule has 0 aromatic rings. The molecule has 19 heavy (non-hydrogen) atoms. The zero-order valence-electron chi connectivity index (χ0n) is 10.7. The van der Waals surface area contributed by atoms with Crippen LogP contribution >= 0.6 is 0 Å². The van der Waals surface area contributed by atoms with Crippen molar-refractivity contribution in [2.45, 2.75) is 25.4 Å². The molecule has 0 aromatic heterocycles. The summed E-state index contributed by atoms with van der Waals surface area (Å²) >= 11 is 0. The lowest BCUT2D eigenvalue weighted by molar-refractivity contribution is -0.147. The Balaban J connectivity index is 1.62. The van der Waals surface area contributed by atoms with Crippen LogP contribution in [-0.2, 0) is 14.3 Å². The van der Waals surface area contributed by atoms with E-state index in [9.17, 15) is 14.7 Å². The molecule has 3 rings (SSSR count). The number of fused-ring (bicyclic) bond motifs is 2. The molecule has 1 amide bonds. The first-order valence-corrected chi connectivity index (χ1v) is 6.97. The first-order chi connectivity index (χ1) is 9.16. The highest BCUT2D eigenvalue weighted by Crippen LogP contribution is 2.48. The number of amides is 1. The normalized spacial score (nSPS) is 39.7. The SMILES string of the molecule is O=C(O)[C@@H]1[C@H](C(=O)NC[C@H]2CCCO2)[C@H]2C=C[C@H]1C2. The first kappa shape index (κ1) is 12.7. The summed E-state index contributed by atoms with van der Waals surface area (Å²) in [5, 5.41) is 12.2. The quantitative estimate of drug-likeness (QED) is 0.737. The maximum Gasteiger partial charge on any atom is 0.307 e. The van der Waals surface area contributed by atoms with Crippen LogP contribution in [0.3, 0.4) is 0 Å². The van der Waals surface area contributed by atoms with E-state index in [1.807, 2.05) is 12.2 Å². The van der Waals surface area contributed by atoms with Crippen LogP contribution in [0.15, 0.2) is 12.2 Å². The Morgan fingerprint density at radius 3 is 2.63 bits per heavy atom. The molecular weight excluding hydrogens is 246 g/mol. The summed E-state index contributed by atoms with van der Waals surface area (Å²) < 4.78 is 5.46. The second-order valence-corrected chi connectivity index (χ2v) is 5.72. The van der Waals surface area contributed by atoms with Gasteiger partial charge in [0.25, 0.3) is 0 Å². The zero-order valence-corrected chi connectivity index (χ0v) is 10.7. The molecule has 104 valence electrons. The van der Waals surface area contributed by atoms with Gasteiger partial charge in [0.1, 0.15) is 0 Å². The van der Waals surface area contributed by atoms with Crippen molar-refractivity contribution in [3.05, 3.63) is 12.2 Å². The minimum absolute atomic E-state index is 0.0287. The number of carboxylic acid groups (broad SMARTS) is 1. The van der Waals surface area contributed by atoms with Crippen LogP contribution in [0.25, 0.3) is 0 Å². The fraction of sp³-hybridized carbons (Fsp3) is 0.714. The number of nitrogens with one attached hydrogen (secondary N) is 1. The van der Waals surface area contributed by atoms with Crippen molar-refractivity contribution in [3.8, 4) is 0 Å². The van der Waals surface area contributed by atoms with E-state index in [0.717, 1.165) is 25.9 Å². The molecule has 0 radical (unpaired) electrons. The Labute approximate surface area is 112 Å². The molecule has 1 aliphatic heterocycles. The third-order valence-corrected chi connectivity index (χ3v) is 4.58. The predicted octanol–water partition coefficient (Wildman–Crippen LogP) is 0.804. The fourth-order valence-electron chi connectivity index (χ4n) is 3.65. The summed E-state index contributed by atoms with van der Waals surface area (Å²) in [6.45, 7) is 1.26. The van der Waals surface area contributed by atoms with Crippen molar-refractivity contribution in [3.63, 3.8) is 0 Å². The molecule has 2 fully saturated rings. The summed E-state index contributed by atoms with van der Waals surface area (Å²) in [5.74, 6) is -1.82. The van der Waals surface area contributed by atoms with Gasteiger partial charge in [-0.15, -0.1) is 0 Å². The zero-order chi connectivity index (χ0) is 13.4. The maximum atomic E-state index is 12.2. The lowest BCUT2D eigenvalue weighted by atomic mass is 9.82. The molecule has 1 heterocycles. The molecule has 2 bridgehead atoms. The number of ether oxygens (including phenoxy) is 1. The molecule has 1 saturated carbocycles. The Hall–Kier alpha value is -1.36. The smallest absolute Gasteiger partial charge is 0.307 e. The van der Waals surface area contributed by atoms with E-state index >= 15 is 0 Å². The average molecular weight is 265 g/mol. The Kier molecular flexibility index (Phi) is 3.31. The third-order valence-electron chi connectivity index (χ3n) is 4.58. The minimum Gasteiger partial charge on any atom is -0.481 e. The predicted molar refractivity (Wildman–Crippen MR) is 67.3 cm³/mol. The van der Waals surface area contributed by atoms with Crippen LogP contribution in [0.4, 0.5) is 0 Å². The van der Waals surface area contributed by atoms with E-state index in [1.54, 1.807) is 0 Å².